The Bertz CT molecular complexity index is 371. The van der Waals surface area contributed by atoms with Crippen molar-refractivity contribution in [2.24, 2.45) is 0 Å². The molecule has 0 radical (unpaired) electrons. The van der Waals surface area contributed by atoms with Gasteiger partial charge in [0.25, 0.3) is 0 Å². The van der Waals surface area contributed by atoms with E-state index in [0.717, 1.165) is 13.2 Å². The standard InChI is InChI=1S/C9H8BrFO4/c1-15-9(14)7(12)4-2-5(10)8(13)6(11)3-4/h2-3,7,12-13H,1H3. The first kappa shape index (κ1) is 11.9. The lowest BCUT2D eigenvalue weighted by Gasteiger charge is -2.09. The number of hydrogen-bond acceptors (Lipinski definition) is 4. The van der Waals surface area contributed by atoms with Gasteiger partial charge < -0.3 is 14.9 Å². The van der Waals surface area contributed by atoms with Crippen LogP contribution in [0.1, 0.15) is 11.7 Å². The van der Waals surface area contributed by atoms with Gasteiger partial charge in [-0.15, -0.1) is 0 Å². The van der Waals surface area contributed by atoms with E-state index < -0.39 is 23.6 Å². The summed E-state index contributed by atoms with van der Waals surface area (Å²) in [5.74, 6) is -2.40. The van der Waals surface area contributed by atoms with Crippen molar-refractivity contribution in [3.8, 4) is 5.75 Å². The molecule has 0 bridgehead atoms. The number of phenolic OH excluding ortho intramolecular Hbond substituents is 1. The van der Waals surface area contributed by atoms with Crippen molar-refractivity contribution in [1.82, 2.24) is 0 Å². The summed E-state index contributed by atoms with van der Waals surface area (Å²) >= 11 is 2.88. The summed E-state index contributed by atoms with van der Waals surface area (Å²) in [7, 11) is 1.11. The fourth-order valence-electron chi connectivity index (χ4n) is 0.991. The first-order valence-corrected chi connectivity index (χ1v) is 4.70. The largest absolute Gasteiger partial charge is 0.504 e. The number of esters is 1. The molecule has 0 spiro atoms. The Kier molecular flexibility index (Phi) is 3.65. The Morgan fingerprint density at radius 2 is 2.20 bits per heavy atom. The second-order valence-corrected chi connectivity index (χ2v) is 3.61. The topological polar surface area (TPSA) is 66.8 Å². The monoisotopic (exact) mass is 278 g/mol. The number of hydrogen-bond donors (Lipinski definition) is 2. The van der Waals surface area contributed by atoms with Gasteiger partial charge in [-0.1, -0.05) is 0 Å². The number of benzene rings is 1. The van der Waals surface area contributed by atoms with Gasteiger partial charge in [0.2, 0.25) is 0 Å². The molecule has 6 heteroatoms. The minimum atomic E-state index is -1.57. The summed E-state index contributed by atoms with van der Waals surface area (Å²) in [5, 5.41) is 18.5. The van der Waals surface area contributed by atoms with Crippen LogP contribution in [0, 0.1) is 5.82 Å². The highest BCUT2D eigenvalue weighted by atomic mass is 79.9. The van der Waals surface area contributed by atoms with Crippen LogP contribution in [0.15, 0.2) is 16.6 Å². The van der Waals surface area contributed by atoms with Gasteiger partial charge in [-0.3, -0.25) is 0 Å². The Labute approximate surface area is 93.4 Å². The molecule has 4 nitrogen and oxygen atoms in total. The van der Waals surface area contributed by atoms with Crippen LogP contribution in [0.25, 0.3) is 0 Å². The van der Waals surface area contributed by atoms with Crippen molar-refractivity contribution in [2.45, 2.75) is 6.10 Å². The maximum Gasteiger partial charge on any atom is 0.339 e. The van der Waals surface area contributed by atoms with Crippen LogP contribution in [-0.2, 0) is 9.53 Å². The van der Waals surface area contributed by atoms with E-state index in [2.05, 4.69) is 20.7 Å². The molecule has 1 atom stereocenters. The number of methoxy groups -OCH3 is 1. The smallest absolute Gasteiger partial charge is 0.339 e. The molecular weight excluding hydrogens is 271 g/mol. The molecule has 0 aliphatic heterocycles. The van der Waals surface area contributed by atoms with Crippen LogP contribution in [0.4, 0.5) is 4.39 Å². The number of carbonyl (C=O) groups is 1. The van der Waals surface area contributed by atoms with Gasteiger partial charge >= 0.3 is 5.97 Å². The molecule has 0 aromatic heterocycles. The fraction of sp³-hybridized carbons (Fsp3) is 0.222. The fourth-order valence-corrected chi connectivity index (χ4v) is 1.44. The number of aliphatic hydroxyl groups excluding tert-OH is 1. The highest BCUT2D eigenvalue weighted by Crippen LogP contribution is 2.30. The summed E-state index contributed by atoms with van der Waals surface area (Å²) in [6, 6.07) is 2.10. The highest BCUT2D eigenvalue weighted by Gasteiger charge is 2.20. The third kappa shape index (κ3) is 2.45. The SMILES string of the molecule is COC(=O)C(O)c1cc(F)c(O)c(Br)c1. The van der Waals surface area contributed by atoms with E-state index in [0.29, 0.717) is 0 Å². The second kappa shape index (κ2) is 4.59. The number of ether oxygens (including phenoxy) is 1. The van der Waals surface area contributed by atoms with Crippen molar-refractivity contribution < 1.29 is 24.1 Å². The van der Waals surface area contributed by atoms with Crippen molar-refractivity contribution in [3.63, 3.8) is 0 Å². The minimum Gasteiger partial charge on any atom is -0.504 e. The molecule has 0 saturated heterocycles. The van der Waals surface area contributed by atoms with E-state index >= 15 is 0 Å². The van der Waals surface area contributed by atoms with Crippen molar-refractivity contribution >= 4 is 21.9 Å². The lowest BCUT2D eigenvalue weighted by atomic mass is 10.1. The molecule has 0 aliphatic rings. The zero-order chi connectivity index (χ0) is 11.6. The third-order valence-corrected chi connectivity index (χ3v) is 2.38. The third-order valence-electron chi connectivity index (χ3n) is 1.78. The molecule has 1 unspecified atom stereocenters. The number of aromatic hydroxyl groups is 1. The summed E-state index contributed by atoms with van der Waals surface area (Å²) < 4.78 is 17.4. The number of rotatable bonds is 2. The van der Waals surface area contributed by atoms with E-state index in [1.807, 2.05) is 0 Å². The van der Waals surface area contributed by atoms with E-state index in [9.17, 15) is 14.3 Å². The molecule has 0 fully saturated rings. The Balaban J connectivity index is 3.11. The zero-order valence-electron chi connectivity index (χ0n) is 7.70. The number of aliphatic hydroxyl groups is 1. The Hall–Kier alpha value is -1.14. The van der Waals surface area contributed by atoms with Gasteiger partial charge in [-0.25, -0.2) is 9.18 Å². The quantitative estimate of drug-likeness (QED) is 0.805. The van der Waals surface area contributed by atoms with Gasteiger partial charge in [0.1, 0.15) is 0 Å². The molecule has 0 aliphatic carbocycles. The number of phenols is 1. The molecule has 1 aromatic rings. The average Bonchev–Trinajstić information content (AvgIpc) is 2.23. The lowest BCUT2D eigenvalue weighted by molar-refractivity contribution is -0.150. The predicted octanol–water partition coefficient (Wildman–Crippen LogP) is 1.50. The molecule has 2 N–H and O–H groups in total. The van der Waals surface area contributed by atoms with E-state index in [1.165, 1.54) is 6.07 Å². The van der Waals surface area contributed by atoms with E-state index in [4.69, 9.17) is 5.11 Å². The molecule has 0 amide bonds. The number of carbonyl (C=O) groups excluding carboxylic acids is 1. The van der Waals surface area contributed by atoms with E-state index in [-0.39, 0.29) is 10.0 Å². The molecule has 15 heavy (non-hydrogen) atoms. The normalized spacial score (nSPS) is 12.3. The lowest BCUT2D eigenvalue weighted by Crippen LogP contribution is -2.13. The predicted molar refractivity (Wildman–Crippen MR) is 52.7 cm³/mol. The Morgan fingerprint density at radius 3 is 2.67 bits per heavy atom. The second-order valence-electron chi connectivity index (χ2n) is 2.76. The Morgan fingerprint density at radius 1 is 1.60 bits per heavy atom. The molecular formula is C9H8BrFO4. The van der Waals surface area contributed by atoms with E-state index in [1.54, 1.807) is 0 Å². The van der Waals surface area contributed by atoms with Gasteiger partial charge in [0.05, 0.1) is 11.6 Å². The molecule has 0 saturated carbocycles. The minimum absolute atomic E-state index is 0.00373. The first-order valence-electron chi connectivity index (χ1n) is 3.91. The summed E-state index contributed by atoms with van der Waals surface area (Å²) in [6.45, 7) is 0. The van der Waals surface area contributed by atoms with Gasteiger partial charge in [-0.05, 0) is 33.6 Å². The highest BCUT2D eigenvalue weighted by molar-refractivity contribution is 9.10. The van der Waals surface area contributed by atoms with Crippen LogP contribution in [0.5, 0.6) is 5.75 Å². The van der Waals surface area contributed by atoms with Crippen molar-refractivity contribution in [3.05, 3.63) is 28.0 Å². The molecule has 1 aromatic carbocycles. The first-order chi connectivity index (χ1) is 6.97. The van der Waals surface area contributed by atoms with Crippen LogP contribution in [-0.4, -0.2) is 23.3 Å². The summed E-state index contributed by atoms with van der Waals surface area (Å²) in [4.78, 5) is 10.9. The average molecular weight is 279 g/mol. The van der Waals surface area contributed by atoms with Crippen molar-refractivity contribution in [1.29, 1.82) is 0 Å². The van der Waals surface area contributed by atoms with Crippen LogP contribution < -0.4 is 0 Å². The molecule has 0 heterocycles. The summed E-state index contributed by atoms with van der Waals surface area (Å²) in [5.41, 5.74) is 0.00373. The van der Waals surface area contributed by atoms with Crippen molar-refractivity contribution in [2.75, 3.05) is 7.11 Å². The molecule has 1 rings (SSSR count). The van der Waals surface area contributed by atoms with Gasteiger partial charge in [0, 0.05) is 0 Å². The maximum atomic E-state index is 13.0. The molecule has 82 valence electrons. The van der Waals surface area contributed by atoms with Crippen LogP contribution >= 0.6 is 15.9 Å². The maximum absolute atomic E-state index is 13.0. The van der Waals surface area contributed by atoms with Gasteiger partial charge in [-0.2, -0.15) is 0 Å². The number of halogens is 2. The van der Waals surface area contributed by atoms with Crippen LogP contribution in [0.3, 0.4) is 0 Å². The zero-order valence-corrected chi connectivity index (χ0v) is 9.28. The van der Waals surface area contributed by atoms with Gasteiger partial charge in [0.15, 0.2) is 17.7 Å². The van der Waals surface area contributed by atoms with Crippen LogP contribution in [0.2, 0.25) is 0 Å². The summed E-state index contributed by atoms with van der Waals surface area (Å²) in [6.07, 6.45) is -1.57.